The second-order valence-corrected chi connectivity index (χ2v) is 5.27. The van der Waals surface area contributed by atoms with Gasteiger partial charge in [0.1, 0.15) is 0 Å². The SMILES string of the molecule is CNC(=O)c1ccc(N)c(Nc2cccc(Br)c2C)c1. The normalized spacial score (nSPS) is 10.2. The number of anilines is 3. The Balaban J connectivity index is 2.38. The summed E-state index contributed by atoms with van der Waals surface area (Å²) in [5.74, 6) is -0.140. The van der Waals surface area contributed by atoms with E-state index in [-0.39, 0.29) is 5.91 Å². The van der Waals surface area contributed by atoms with Gasteiger partial charge in [-0.25, -0.2) is 0 Å². The molecule has 0 radical (unpaired) electrons. The third kappa shape index (κ3) is 2.93. The van der Waals surface area contributed by atoms with E-state index in [0.29, 0.717) is 16.9 Å². The van der Waals surface area contributed by atoms with Crippen molar-refractivity contribution in [2.45, 2.75) is 6.92 Å². The molecule has 104 valence electrons. The molecule has 0 saturated heterocycles. The fraction of sp³-hybridized carbons (Fsp3) is 0.133. The van der Waals surface area contributed by atoms with Crippen molar-refractivity contribution in [2.75, 3.05) is 18.1 Å². The highest BCUT2D eigenvalue weighted by Gasteiger charge is 2.08. The summed E-state index contributed by atoms with van der Waals surface area (Å²) in [5.41, 5.74) is 9.86. The topological polar surface area (TPSA) is 67.2 Å². The third-order valence-corrected chi connectivity index (χ3v) is 3.94. The molecule has 0 atom stereocenters. The number of rotatable bonds is 3. The van der Waals surface area contributed by atoms with Crippen LogP contribution in [-0.2, 0) is 0 Å². The number of benzene rings is 2. The van der Waals surface area contributed by atoms with Crippen molar-refractivity contribution in [3.05, 3.63) is 52.0 Å². The molecule has 4 N–H and O–H groups in total. The molecule has 0 aliphatic heterocycles. The highest BCUT2D eigenvalue weighted by atomic mass is 79.9. The fourth-order valence-corrected chi connectivity index (χ4v) is 2.20. The van der Waals surface area contributed by atoms with Crippen molar-refractivity contribution >= 4 is 38.9 Å². The molecule has 4 nitrogen and oxygen atoms in total. The second-order valence-electron chi connectivity index (χ2n) is 4.42. The van der Waals surface area contributed by atoms with E-state index >= 15 is 0 Å². The van der Waals surface area contributed by atoms with Crippen LogP contribution in [-0.4, -0.2) is 13.0 Å². The van der Waals surface area contributed by atoms with E-state index in [2.05, 4.69) is 26.6 Å². The quantitative estimate of drug-likeness (QED) is 0.753. The Morgan fingerprint density at radius 3 is 2.65 bits per heavy atom. The van der Waals surface area contributed by atoms with Gasteiger partial charge in [-0.05, 0) is 42.8 Å². The summed E-state index contributed by atoms with van der Waals surface area (Å²) in [7, 11) is 1.60. The molecule has 2 rings (SSSR count). The van der Waals surface area contributed by atoms with E-state index in [0.717, 1.165) is 15.7 Å². The first kappa shape index (κ1) is 14.4. The summed E-state index contributed by atoms with van der Waals surface area (Å²) < 4.78 is 1.02. The van der Waals surface area contributed by atoms with Crippen molar-refractivity contribution < 1.29 is 4.79 Å². The molecule has 1 amide bonds. The predicted octanol–water partition coefficient (Wildman–Crippen LogP) is 3.44. The Labute approximate surface area is 126 Å². The van der Waals surface area contributed by atoms with Gasteiger partial charge in [0.05, 0.1) is 11.4 Å². The summed E-state index contributed by atoms with van der Waals surface area (Å²) in [5, 5.41) is 5.86. The zero-order valence-corrected chi connectivity index (χ0v) is 12.9. The summed E-state index contributed by atoms with van der Waals surface area (Å²) in [6, 6.07) is 11.1. The van der Waals surface area contributed by atoms with E-state index in [9.17, 15) is 4.79 Å². The monoisotopic (exact) mass is 333 g/mol. The van der Waals surface area contributed by atoms with Crippen LogP contribution in [0.15, 0.2) is 40.9 Å². The molecule has 0 aromatic heterocycles. The number of hydrogen-bond acceptors (Lipinski definition) is 3. The molecule has 0 heterocycles. The standard InChI is InChI=1S/C15H16BrN3O/c1-9-11(16)4-3-5-13(9)19-14-8-10(15(20)18-2)6-7-12(14)17/h3-8,19H,17H2,1-2H3,(H,18,20). The maximum atomic E-state index is 11.7. The number of amides is 1. The molecule has 0 spiro atoms. The summed E-state index contributed by atoms with van der Waals surface area (Å²) >= 11 is 3.49. The van der Waals surface area contributed by atoms with Crippen LogP contribution in [0.3, 0.4) is 0 Å². The van der Waals surface area contributed by atoms with Gasteiger partial charge in [0.2, 0.25) is 0 Å². The molecule has 2 aromatic carbocycles. The molecule has 20 heavy (non-hydrogen) atoms. The Morgan fingerprint density at radius 1 is 1.20 bits per heavy atom. The van der Waals surface area contributed by atoms with Crippen molar-refractivity contribution in [1.29, 1.82) is 0 Å². The smallest absolute Gasteiger partial charge is 0.251 e. The molecule has 0 aliphatic rings. The first-order valence-corrected chi connectivity index (χ1v) is 6.96. The number of nitrogens with two attached hydrogens (primary N) is 1. The largest absolute Gasteiger partial charge is 0.397 e. The van der Waals surface area contributed by atoms with E-state index < -0.39 is 0 Å². The Morgan fingerprint density at radius 2 is 1.95 bits per heavy atom. The molecular formula is C15H16BrN3O. The van der Waals surface area contributed by atoms with Gasteiger partial charge in [0.15, 0.2) is 0 Å². The first-order chi connectivity index (χ1) is 9.52. The highest BCUT2D eigenvalue weighted by molar-refractivity contribution is 9.10. The van der Waals surface area contributed by atoms with Crippen LogP contribution in [0.1, 0.15) is 15.9 Å². The highest BCUT2D eigenvalue weighted by Crippen LogP contribution is 2.29. The number of halogens is 1. The van der Waals surface area contributed by atoms with E-state index in [4.69, 9.17) is 5.73 Å². The lowest BCUT2D eigenvalue weighted by atomic mass is 10.1. The van der Waals surface area contributed by atoms with Gasteiger partial charge < -0.3 is 16.4 Å². The minimum Gasteiger partial charge on any atom is -0.397 e. The minimum atomic E-state index is -0.140. The van der Waals surface area contributed by atoms with Crippen LogP contribution < -0.4 is 16.4 Å². The van der Waals surface area contributed by atoms with Crippen molar-refractivity contribution in [1.82, 2.24) is 5.32 Å². The van der Waals surface area contributed by atoms with E-state index in [1.54, 1.807) is 25.2 Å². The van der Waals surface area contributed by atoms with Gasteiger partial charge in [-0.2, -0.15) is 0 Å². The Bertz CT molecular complexity index is 656. The van der Waals surface area contributed by atoms with Crippen LogP contribution in [0.25, 0.3) is 0 Å². The second kappa shape index (κ2) is 5.96. The van der Waals surface area contributed by atoms with Crippen LogP contribution in [0.5, 0.6) is 0 Å². The number of carbonyl (C=O) groups excluding carboxylic acids is 1. The van der Waals surface area contributed by atoms with Gasteiger partial charge in [0, 0.05) is 22.8 Å². The number of nitrogen functional groups attached to an aromatic ring is 1. The zero-order valence-electron chi connectivity index (χ0n) is 11.3. The van der Waals surface area contributed by atoms with Gasteiger partial charge >= 0.3 is 0 Å². The molecule has 0 saturated carbocycles. The van der Waals surface area contributed by atoms with Crippen molar-refractivity contribution in [2.24, 2.45) is 0 Å². The lowest BCUT2D eigenvalue weighted by Gasteiger charge is -2.13. The predicted molar refractivity (Wildman–Crippen MR) is 86.4 cm³/mol. The summed E-state index contributed by atoms with van der Waals surface area (Å²) in [6.07, 6.45) is 0. The first-order valence-electron chi connectivity index (χ1n) is 6.16. The molecule has 0 bridgehead atoms. The number of hydrogen-bond donors (Lipinski definition) is 3. The van der Waals surface area contributed by atoms with Gasteiger partial charge in [-0.15, -0.1) is 0 Å². The van der Waals surface area contributed by atoms with Crippen molar-refractivity contribution in [3.63, 3.8) is 0 Å². The zero-order chi connectivity index (χ0) is 14.7. The maximum Gasteiger partial charge on any atom is 0.251 e. The Hall–Kier alpha value is -2.01. The number of nitrogens with one attached hydrogen (secondary N) is 2. The van der Waals surface area contributed by atoms with E-state index in [1.165, 1.54) is 0 Å². The third-order valence-electron chi connectivity index (χ3n) is 3.08. The Kier molecular flexibility index (Phi) is 4.29. The summed E-state index contributed by atoms with van der Waals surface area (Å²) in [6.45, 7) is 2.01. The molecule has 0 fully saturated rings. The molecular weight excluding hydrogens is 318 g/mol. The molecule has 2 aromatic rings. The van der Waals surface area contributed by atoms with Crippen molar-refractivity contribution in [3.8, 4) is 0 Å². The fourth-order valence-electron chi connectivity index (χ4n) is 1.84. The van der Waals surface area contributed by atoms with Crippen LogP contribution in [0.4, 0.5) is 17.1 Å². The van der Waals surface area contributed by atoms with Crippen LogP contribution in [0, 0.1) is 6.92 Å². The molecule has 0 aliphatic carbocycles. The number of carbonyl (C=O) groups is 1. The lowest BCUT2D eigenvalue weighted by Crippen LogP contribution is -2.18. The average Bonchev–Trinajstić information content (AvgIpc) is 2.45. The average molecular weight is 334 g/mol. The van der Waals surface area contributed by atoms with E-state index in [1.807, 2.05) is 25.1 Å². The van der Waals surface area contributed by atoms with Gasteiger partial charge in [-0.1, -0.05) is 22.0 Å². The lowest BCUT2D eigenvalue weighted by molar-refractivity contribution is 0.0963. The van der Waals surface area contributed by atoms with Crippen LogP contribution in [0.2, 0.25) is 0 Å². The minimum absolute atomic E-state index is 0.140. The summed E-state index contributed by atoms with van der Waals surface area (Å²) in [4.78, 5) is 11.7. The maximum absolute atomic E-state index is 11.7. The van der Waals surface area contributed by atoms with Crippen LogP contribution >= 0.6 is 15.9 Å². The van der Waals surface area contributed by atoms with Gasteiger partial charge in [0.25, 0.3) is 5.91 Å². The molecule has 0 unspecified atom stereocenters. The molecule has 5 heteroatoms. The van der Waals surface area contributed by atoms with Gasteiger partial charge in [-0.3, -0.25) is 4.79 Å².